The zero-order valence-corrected chi connectivity index (χ0v) is 40.2. The van der Waals surface area contributed by atoms with Crippen molar-refractivity contribution in [3.8, 4) is 0 Å². The summed E-state index contributed by atoms with van der Waals surface area (Å²) in [5.74, 6) is 0.276. The summed E-state index contributed by atoms with van der Waals surface area (Å²) in [7, 11) is 0. The maximum absolute atomic E-state index is 13.4. The molecule has 0 aromatic heterocycles. The summed E-state index contributed by atoms with van der Waals surface area (Å²) in [4.78, 5) is 65.6. The Morgan fingerprint density at radius 1 is 0.627 bits per heavy atom. The number of aryl methyl sites for hydroxylation is 2. The second-order valence-corrected chi connectivity index (χ2v) is 18.2. The largest absolute Gasteiger partial charge is 0.466 e. The minimum absolute atomic E-state index is 0.0160. The molecule has 11 heteroatoms. The molecule has 67 heavy (non-hydrogen) atoms. The fraction of sp³-hybridized carbons (Fsp3) is 0.446. The molecule has 4 aromatic rings. The minimum Gasteiger partial charge on any atom is -0.466 e. The number of ether oxygens (including phenoxy) is 1. The molecule has 0 unspecified atom stereocenters. The highest BCUT2D eigenvalue weighted by Gasteiger charge is 2.35. The molecule has 11 nitrogen and oxygen atoms in total. The van der Waals surface area contributed by atoms with Gasteiger partial charge in [0.1, 0.15) is 0 Å². The van der Waals surface area contributed by atoms with Crippen molar-refractivity contribution in [2.45, 2.75) is 135 Å². The number of Topliss-reactive ketones (excluding diaryl/α,β-unsaturated/α-hetero) is 2. The first kappa shape index (κ1) is 51.9. The number of nitrogens with zero attached hydrogens (tertiary/aromatic N) is 1. The van der Waals surface area contributed by atoms with Gasteiger partial charge in [-0.25, -0.2) is 0 Å². The molecule has 4 N–H and O–H groups in total. The van der Waals surface area contributed by atoms with Crippen LogP contribution in [-0.2, 0) is 41.6 Å². The fourth-order valence-electron chi connectivity index (χ4n) is 9.12. The van der Waals surface area contributed by atoms with Crippen LogP contribution in [-0.4, -0.2) is 83.5 Å². The van der Waals surface area contributed by atoms with E-state index in [0.717, 1.165) is 54.4 Å². The molecule has 1 heterocycles. The zero-order chi connectivity index (χ0) is 48.3. The number of rotatable bonds is 20. The van der Waals surface area contributed by atoms with Crippen LogP contribution in [0.4, 0.5) is 0 Å². The lowest BCUT2D eigenvalue weighted by Crippen LogP contribution is -2.54. The molecule has 0 radical (unpaired) electrons. The summed E-state index contributed by atoms with van der Waals surface area (Å²) >= 11 is 0. The van der Waals surface area contributed by atoms with Gasteiger partial charge in [-0.1, -0.05) is 116 Å². The van der Waals surface area contributed by atoms with Crippen LogP contribution >= 0.6 is 0 Å². The van der Waals surface area contributed by atoms with Gasteiger partial charge in [0.25, 0.3) is 0 Å². The van der Waals surface area contributed by atoms with Crippen molar-refractivity contribution in [1.82, 2.24) is 15.5 Å². The van der Waals surface area contributed by atoms with Crippen LogP contribution in [0.2, 0.25) is 0 Å². The summed E-state index contributed by atoms with van der Waals surface area (Å²) in [6.07, 6.45) is 7.67. The lowest BCUT2D eigenvalue weighted by molar-refractivity contribution is -0.144. The highest BCUT2D eigenvalue weighted by atomic mass is 16.5. The number of hydrogen-bond acceptors (Lipinski definition) is 9. The van der Waals surface area contributed by atoms with E-state index in [-0.39, 0.29) is 47.6 Å². The van der Waals surface area contributed by atoms with Crippen molar-refractivity contribution < 1.29 is 28.7 Å². The molecule has 2 aliphatic rings. The molecule has 1 saturated heterocycles. The number of likely N-dealkylation sites (tertiary alicyclic amines) is 1. The Hall–Kier alpha value is -6.07. The lowest BCUT2D eigenvalue weighted by Gasteiger charge is -2.39. The van der Waals surface area contributed by atoms with Gasteiger partial charge in [0.2, 0.25) is 11.8 Å². The number of carbonyl (C=O) groups excluding carboxylic acids is 5. The molecule has 1 aliphatic carbocycles. The van der Waals surface area contributed by atoms with Gasteiger partial charge < -0.3 is 26.2 Å². The van der Waals surface area contributed by atoms with Crippen LogP contribution in [0.5, 0.6) is 0 Å². The second-order valence-electron chi connectivity index (χ2n) is 18.2. The normalized spacial score (nSPS) is 19.1. The highest BCUT2D eigenvalue weighted by molar-refractivity contribution is 5.97. The van der Waals surface area contributed by atoms with Crippen molar-refractivity contribution in [3.63, 3.8) is 0 Å². The van der Waals surface area contributed by atoms with Crippen molar-refractivity contribution >= 4 is 40.8 Å². The van der Waals surface area contributed by atoms with Crippen molar-refractivity contribution in [1.29, 1.82) is 10.8 Å². The summed E-state index contributed by atoms with van der Waals surface area (Å²) in [6.45, 7) is 10.3. The molecular weight excluding hydrogens is 839 g/mol. The first-order valence-corrected chi connectivity index (χ1v) is 24.2. The average molecular weight is 910 g/mol. The Morgan fingerprint density at radius 2 is 1.10 bits per heavy atom. The average Bonchev–Trinajstić information content (AvgIpc) is 3.35. The number of nitrogens with one attached hydrogen (secondary N) is 4. The van der Waals surface area contributed by atoms with Gasteiger partial charge in [0, 0.05) is 36.7 Å². The van der Waals surface area contributed by atoms with Crippen molar-refractivity contribution in [3.05, 3.63) is 143 Å². The van der Waals surface area contributed by atoms with E-state index in [1.54, 1.807) is 34.6 Å². The molecule has 0 bridgehead atoms. The Kier molecular flexibility index (Phi) is 20.4. The van der Waals surface area contributed by atoms with Crippen LogP contribution < -0.4 is 10.6 Å². The number of piperidine rings is 1. The van der Waals surface area contributed by atoms with Gasteiger partial charge in [0.15, 0.2) is 11.6 Å². The molecular formula is C56H71N5O6. The molecule has 6 rings (SSSR count). The molecule has 0 spiro atoms. The SMILES string of the molecule is CC(=N)c1ccc(CCC(=O)[C@H](C)NC(=O)[C@@H]2CCC[C@H](c3ccccc3)C2)cc1.CCOC(=O)CCN1CC[C@H](c2ccccc2)C[C@@H]1C(=O)N[C@@H](C)C(=O)CCc1ccc(C(C)=N)cc1. The molecule has 356 valence electrons. The third-order valence-electron chi connectivity index (χ3n) is 13.3. The van der Waals surface area contributed by atoms with E-state index in [0.29, 0.717) is 69.1 Å². The van der Waals surface area contributed by atoms with Crippen LogP contribution in [0.25, 0.3) is 0 Å². The standard InChI is InChI=1S/C30H39N3O4.C26H32N2O2/c1-4-37-29(35)17-19-33-18-16-26(25-8-6-5-7-9-25)20-27(33)30(36)32-22(3)28(34)15-12-23-10-13-24(14-11-23)21(2)31;1-18(27)21-14-11-20(12-15-21)13-16-25(29)19(2)28-26(30)24-10-6-9-23(17-24)22-7-4-3-5-8-22/h5-11,13-14,22,26-27,31H,4,12,15-20H2,1-3H3,(H,32,36);3-5,7-8,11-12,14-15,19,23-24,27H,6,9-10,13,16-17H2,1-2H3,(H,28,30)/t22-,26-,27+;19-,23-,24+/m00/s1. The summed E-state index contributed by atoms with van der Waals surface area (Å²) in [5, 5.41) is 21.3. The third-order valence-corrected chi connectivity index (χ3v) is 13.3. The maximum Gasteiger partial charge on any atom is 0.307 e. The van der Waals surface area contributed by atoms with Gasteiger partial charge in [-0.3, -0.25) is 28.9 Å². The van der Waals surface area contributed by atoms with Gasteiger partial charge in [-0.15, -0.1) is 0 Å². The van der Waals surface area contributed by atoms with Gasteiger partial charge >= 0.3 is 5.97 Å². The fourth-order valence-corrected chi connectivity index (χ4v) is 9.12. The molecule has 2 fully saturated rings. The Bertz CT molecular complexity index is 2260. The molecule has 6 atom stereocenters. The summed E-state index contributed by atoms with van der Waals surface area (Å²) in [5.41, 5.74) is 7.42. The topological polar surface area (TPSA) is 170 Å². The second kappa shape index (κ2) is 26.3. The lowest BCUT2D eigenvalue weighted by atomic mass is 9.77. The third kappa shape index (κ3) is 16.3. The van der Waals surface area contributed by atoms with Crippen LogP contribution in [0.15, 0.2) is 109 Å². The van der Waals surface area contributed by atoms with E-state index in [1.165, 1.54) is 11.1 Å². The Balaban J connectivity index is 0.000000256. The number of esters is 1. The molecule has 1 aliphatic heterocycles. The molecule has 2 amide bonds. The Morgan fingerprint density at radius 3 is 1.58 bits per heavy atom. The summed E-state index contributed by atoms with van der Waals surface area (Å²) < 4.78 is 5.08. The zero-order valence-electron chi connectivity index (χ0n) is 40.2. The van der Waals surface area contributed by atoms with E-state index in [2.05, 4.69) is 51.9 Å². The quantitative estimate of drug-likeness (QED) is 0.0506. The first-order chi connectivity index (χ1) is 32.2. The number of ketones is 2. The van der Waals surface area contributed by atoms with Gasteiger partial charge in [-0.2, -0.15) is 0 Å². The molecule has 1 saturated carbocycles. The van der Waals surface area contributed by atoms with Gasteiger partial charge in [-0.05, 0) is 131 Å². The van der Waals surface area contributed by atoms with Crippen molar-refractivity contribution in [2.75, 3.05) is 19.7 Å². The molecule has 4 aromatic carbocycles. The van der Waals surface area contributed by atoms with Crippen LogP contribution in [0.1, 0.15) is 138 Å². The van der Waals surface area contributed by atoms with E-state index in [4.69, 9.17) is 15.6 Å². The van der Waals surface area contributed by atoms with Crippen LogP contribution in [0.3, 0.4) is 0 Å². The van der Waals surface area contributed by atoms with E-state index in [1.807, 2.05) is 72.8 Å². The number of amides is 2. The van der Waals surface area contributed by atoms with Crippen LogP contribution in [0, 0.1) is 16.7 Å². The highest BCUT2D eigenvalue weighted by Crippen LogP contribution is 2.36. The summed E-state index contributed by atoms with van der Waals surface area (Å²) in [6, 6.07) is 34.6. The smallest absolute Gasteiger partial charge is 0.307 e. The predicted octanol–water partition coefficient (Wildman–Crippen LogP) is 9.34. The van der Waals surface area contributed by atoms with E-state index in [9.17, 15) is 24.0 Å². The van der Waals surface area contributed by atoms with E-state index >= 15 is 0 Å². The first-order valence-electron chi connectivity index (χ1n) is 24.2. The number of carbonyl (C=O) groups is 5. The maximum atomic E-state index is 13.4. The minimum atomic E-state index is -0.598. The van der Waals surface area contributed by atoms with Crippen molar-refractivity contribution in [2.24, 2.45) is 5.92 Å². The van der Waals surface area contributed by atoms with E-state index < -0.39 is 18.1 Å². The predicted molar refractivity (Wildman–Crippen MR) is 266 cm³/mol. The Labute approximate surface area is 397 Å². The van der Waals surface area contributed by atoms with Gasteiger partial charge in [0.05, 0.1) is 31.2 Å². The number of benzene rings is 4. The number of hydrogen-bond donors (Lipinski definition) is 4. The monoisotopic (exact) mass is 910 g/mol.